The standard InChI is InChI=1S/C25H33N5O/c1-25(2)20-9-8-19(21(25)15-20)17-29-11-10-22-27-28-23(30(22)13-12-29)16-26-24(31)14-18-6-4-3-5-7-18/h3-8,20-21H,9-17H2,1-2H3,(H,26,31)/t20-,21-/m0/s1. The smallest absolute Gasteiger partial charge is 0.224 e. The first-order valence-corrected chi connectivity index (χ1v) is 11.6. The number of fused-ring (bicyclic) bond motifs is 2. The van der Waals surface area contributed by atoms with Crippen molar-refractivity contribution < 1.29 is 4.79 Å². The fourth-order valence-electron chi connectivity index (χ4n) is 5.65. The molecular formula is C25H33N5O. The fourth-order valence-corrected chi connectivity index (χ4v) is 5.65. The number of carbonyl (C=O) groups excluding carboxylic acids is 1. The molecule has 6 rings (SSSR count). The van der Waals surface area contributed by atoms with Crippen LogP contribution in [0.2, 0.25) is 0 Å². The molecular weight excluding hydrogens is 386 g/mol. The molecule has 1 aromatic carbocycles. The summed E-state index contributed by atoms with van der Waals surface area (Å²) in [5.74, 6) is 3.57. The van der Waals surface area contributed by atoms with E-state index < -0.39 is 0 Å². The Morgan fingerprint density at radius 1 is 1.16 bits per heavy atom. The molecule has 1 amide bonds. The zero-order valence-corrected chi connectivity index (χ0v) is 18.7. The van der Waals surface area contributed by atoms with Crippen LogP contribution in [0.3, 0.4) is 0 Å². The zero-order valence-electron chi connectivity index (χ0n) is 18.7. The Labute approximate surface area is 184 Å². The van der Waals surface area contributed by atoms with Crippen LogP contribution >= 0.6 is 0 Å². The molecule has 0 spiro atoms. The molecule has 2 atom stereocenters. The number of aromatic nitrogens is 3. The van der Waals surface area contributed by atoms with Crippen LogP contribution in [0.4, 0.5) is 0 Å². The highest BCUT2D eigenvalue weighted by molar-refractivity contribution is 5.78. The summed E-state index contributed by atoms with van der Waals surface area (Å²) in [6.07, 6.45) is 6.46. The molecule has 2 bridgehead atoms. The maximum absolute atomic E-state index is 12.3. The van der Waals surface area contributed by atoms with Crippen molar-refractivity contribution in [1.29, 1.82) is 0 Å². The molecule has 1 N–H and O–H groups in total. The molecule has 1 aromatic heterocycles. The summed E-state index contributed by atoms with van der Waals surface area (Å²) < 4.78 is 2.21. The lowest BCUT2D eigenvalue weighted by Crippen LogP contribution is -2.50. The molecule has 1 saturated carbocycles. The summed E-state index contributed by atoms with van der Waals surface area (Å²) >= 11 is 0. The molecule has 31 heavy (non-hydrogen) atoms. The first kappa shape index (κ1) is 20.4. The van der Waals surface area contributed by atoms with Crippen molar-refractivity contribution in [2.24, 2.45) is 17.3 Å². The largest absolute Gasteiger partial charge is 0.349 e. The van der Waals surface area contributed by atoms with E-state index in [1.807, 2.05) is 30.3 Å². The van der Waals surface area contributed by atoms with Crippen LogP contribution in [0.5, 0.6) is 0 Å². The quantitative estimate of drug-likeness (QED) is 0.731. The number of hydrogen-bond donors (Lipinski definition) is 1. The lowest BCUT2D eigenvalue weighted by molar-refractivity contribution is -0.120. The molecule has 1 aliphatic heterocycles. The Balaban J connectivity index is 1.16. The van der Waals surface area contributed by atoms with Crippen molar-refractivity contribution in [3.63, 3.8) is 0 Å². The molecule has 4 aliphatic rings. The topological polar surface area (TPSA) is 63.1 Å². The van der Waals surface area contributed by atoms with Gasteiger partial charge in [0.05, 0.1) is 13.0 Å². The molecule has 6 heteroatoms. The Bertz CT molecular complexity index is 977. The van der Waals surface area contributed by atoms with Gasteiger partial charge in [-0.3, -0.25) is 9.69 Å². The van der Waals surface area contributed by atoms with Crippen LogP contribution in [-0.2, 0) is 30.7 Å². The van der Waals surface area contributed by atoms with Gasteiger partial charge in [0.1, 0.15) is 5.82 Å². The van der Waals surface area contributed by atoms with Crippen LogP contribution in [-0.4, -0.2) is 45.2 Å². The third-order valence-electron chi connectivity index (χ3n) is 7.84. The van der Waals surface area contributed by atoms with E-state index in [0.29, 0.717) is 18.4 Å². The van der Waals surface area contributed by atoms with Crippen molar-refractivity contribution in [1.82, 2.24) is 25.0 Å². The van der Waals surface area contributed by atoms with Crippen LogP contribution < -0.4 is 5.32 Å². The number of nitrogens with one attached hydrogen (secondary N) is 1. The van der Waals surface area contributed by atoms with Crippen molar-refractivity contribution in [2.45, 2.75) is 52.6 Å². The van der Waals surface area contributed by atoms with Gasteiger partial charge in [0.2, 0.25) is 5.91 Å². The van der Waals surface area contributed by atoms with Crippen molar-refractivity contribution in [2.75, 3.05) is 19.6 Å². The number of benzene rings is 1. The van der Waals surface area contributed by atoms with Gasteiger partial charge >= 0.3 is 0 Å². The third-order valence-corrected chi connectivity index (χ3v) is 7.84. The number of nitrogens with zero attached hydrogens (tertiary/aromatic N) is 4. The lowest BCUT2D eigenvalue weighted by atomic mass is 9.49. The predicted octanol–water partition coefficient (Wildman–Crippen LogP) is 2.99. The van der Waals surface area contributed by atoms with Crippen LogP contribution in [0.15, 0.2) is 42.0 Å². The summed E-state index contributed by atoms with van der Waals surface area (Å²) in [5.41, 5.74) is 3.16. The summed E-state index contributed by atoms with van der Waals surface area (Å²) in [7, 11) is 0. The van der Waals surface area contributed by atoms with Gasteiger partial charge in [-0.2, -0.15) is 0 Å². The minimum absolute atomic E-state index is 0.0180. The Hall–Kier alpha value is -2.47. The highest BCUT2D eigenvalue weighted by atomic mass is 16.1. The molecule has 0 radical (unpaired) electrons. The summed E-state index contributed by atoms with van der Waals surface area (Å²) in [6, 6.07) is 9.83. The normalized spacial score (nSPS) is 24.5. The molecule has 6 nitrogen and oxygen atoms in total. The maximum Gasteiger partial charge on any atom is 0.224 e. The van der Waals surface area contributed by atoms with E-state index in [2.05, 4.69) is 44.9 Å². The second-order valence-electron chi connectivity index (χ2n) is 9.97. The van der Waals surface area contributed by atoms with Gasteiger partial charge in [-0.05, 0) is 35.7 Å². The molecule has 2 aromatic rings. The summed E-state index contributed by atoms with van der Waals surface area (Å²) in [5, 5.41) is 11.8. The average Bonchev–Trinajstić information content (AvgIpc) is 3.05. The van der Waals surface area contributed by atoms with Crippen molar-refractivity contribution in [3.8, 4) is 0 Å². The number of allylic oxidation sites excluding steroid dienone is 1. The summed E-state index contributed by atoms with van der Waals surface area (Å²) in [4.78, 5) is 14.9. The van der Waals surface area contributed by atoms with E-state index in [1.165, 1.54) is 12.8 Å². The number of amides is 1. The number of carbonyl (C=O) groups is 1. The minimum atomic E-state index is 0.0180. The highest BCUT2D eigenvalue weighted by Gasteiger charge is 2.51. The number of hydrogen-bond acceptors (Lipinski definition) is 4. The first-order chi connectivity index (χ1) is 15.0. The van der Waals surface area contributed by atoms with Crippen LogP contribution in [0, 0.1) is 17.3 Å². The molecule has 0 saturated heterocycles. The zero-order chi connectivity index (χ0) is 21.4. The molecule has 2 heterocycles. The van der Waals surface area contributed by atoms with E-state index >= 15 is 0 Å². The Morgan fingerprint density at radius 3 is 2.77 bits per heavy atom. The number of rotatable bonds is 6. The Kier molecular flexibility index (Phi) is 5.42. The molecule has 0 unspecified atom stereocenters. The van der Waals surface area contributed by atoms with Crippen LogP contribution in [0.1, 0.15) is 43.9 Å². The van der Waals surface area contributed by atoms with Crippen molar-refractivity contribution >= 4 is 5.91 Å². The van der Waals surface area contributed by atoms with E-state index in [0.717, 1.165) is 61.6 Å². The molecule has 1 fully saturated rings. The third kappa shape index (κ3) is 4.05. The van der Waals surface area contributed by atoms with Gasteiger partial charge < -0.3 is 9.88 Å². The second kappa shape index (κ2) is 8.23. The monoisotopic (exact) mass is 419 g/mol. The van der Waals surface area contributed by atoms with E-state index in [-0.39, 0.29) is 5.91 Å². The van der Waals surface area contributed by atoms with E-state index in [1.54, 1.807) is 5.57 Å². The van der Waals surface area contributed by atoms with Gasteiger partial charge in [0.15, 0.2) is 5.82 Å². The van der Waals surface area contributed by atoms with Gasteiger partial charge in [-0.25, -0.2) is 0 Å². The first-order valence-electron chi connectivity index (χ1n) is 11.6. The van der Waals surface area contributed by atoms with Gasteiger partial charge in [0, 0.05) is 32.6 Å². The fraction of sp³-hybridized carbons (Fsp3) is 0.560. The summed E-state index contributed by atoms with van der Waals surface area (Å²) in [6.45, 7) is 9.32. The average molecular weight is 420 g/mol. The minimum Gasteiger partial charge on any atom is -0.349 e. The maximum atomic E-state index is 12.3. The van der Waals surface area contributed by atoms with Gasteiger partial charge in [0.25, 0.3) is 0 Å². The van der Waals surface area contributed by atoms with Gasteiger partial charge in [-0.15, -0.1) is 10.2 Å². The van der Waals surface area contributed by atoms with E-state index in [9.17, 15) is 4.79 Å². The SMILES string of the molecule is CC1(C)[C@H]2CC=C(CN3CCc4nnc(CNC(=O)Cc5ccccc5)n4CC3)[C@@H]1C2. The van der Waals surface area contributed by atoms with Crippen LogP contribution in [0.25, 0.3) is 0 Å². The molecule has 3 aliphatic carbocycles. The van der Waals surface area contributed by atoms with E-state index in [4.69, 9.17) is 0 Å². The molecule has 164 valence electrons. The predicted molar refractivity (Wildman–Crippen MR) is 120 cm³/mol. The highest BCUT2D eigenvalue weighted by Crippen LogP contribution is 2.59. The Morgan fingerprint density at radius 2 is 2.00 bits per heavy atom. The second-order valence-corrected chi connectivity index (χ2v) is 9.97. The van der Waals surface area contributed by atoms with Crippen molar-refractivity contribution in [3.05, 3.63) is 59.2 Å². The van der Waals surface area contributed by atoms with Gasteiger partial charge in [-0.1, -0.05) is 55.8 Å². The lowest BCUT2D eigenvalue weighted by Gasteiger charge is -2.57.